The summed E-state index contributed by atoms with van der Waals surface area (Å²) in [4.78, 5) is 17.1. The first kappa shape index (κ1) is 18.1. The molecule has 2 fully saturated rings. The number of likely N-dealkylation sites (tertiary alicyclic amines) is 1. The summed E-state index contributed by atoms with van der Waals surface area (Å²) in [6.45, 7) is 9.82. The fourth-order valence-corrected chi connectivity index (χ4v) is 4.02. The number of nitrogens with zero attached hydrogens (tertiary/aromatic N) is 2. The molecule has 2 bridgehead atoms. The second-order valence-electron chi connectivity index (χ2n) is 8.20. The van der Waals surface area contributed by atoms with E-state index in [4.69, 9.17) is 9.47 Å². The Morgan fingerprint density at radius 1 is 1.20 bits per heavy atom. The molecular formula is C20H30N2O3. The van der Waals surface area contributed by atoms with Crippen LogP contribution in [0.1, 0.15) is 46.1 Å². The van der Waals surface area contributed by atoms with E-state index in [1.807, 2.05) is 37.8 Å². The molecule has 138 valence electrons. The zero-order valence-electron chi connectivity index (χ0n) is 16.0. The molecule has 3 rings (SSSR count). The number of fused-ring (bicyclic) bond motifs is 2. The van der Waals surface area contributed by atoms with Crippen LogP contribution >= 0.6 is 0 Å². The van der Waals surface area contributed by atoms with Crippen LogP contribution in [-0.4, -0.2) is 53.3 Å². The first-order valence-corrected chi connectivity index (χ1v) is 9.17. The molecule has 1 aromatic carbocycles. The van der Waals surface area contributed by atoms with E-state index in [-0.39, 0.29) is 18.2 Å². The highest BCUT2D eigenvalue weighted by atomic mass is 16.6. The Morgan fingerprint density at radius 3 is 2.48 bits per heavy atom. The van der Waals surface area contributed by atoms with Gasteiger partial charge in [-0.2, -0.15) is 0 Å². The molecule has 2 saturated heterocycles. The Morgan fingerprint density at radius 2 is 1.88 bits per heavy atom. The largest absolute Gasteiger partial charge is 0.497 e. The van der Waals surface area contributed by atoms with Gasteiger partial charge in [-0.05, 0) is 58.2 Å². The number of amides is 1. The molecule has 2 aliphatic rings. The third kappa shape index (κ3) is 3.92. The zero-order valence-corrected chi connectivity index (χ0v) is 16.0. The summed E-state index contributed by atoms with van der Waals surface area (Å²) in [5.74, 6) is 0.881. The molecule has 5 heteroatoms. The standard InChI is InChI=1S/C20H30N2O3/c1-14-18-11-8-16(22(18)19(23)25-20(2,3)4)13-21(14)12-15-6-9-17(24-5)10-7-15/h6-7,9-10,14,16,18H,8,11-13H2,1-5H3/t14-,16-,18+/m1/s1. The van der Waals surface area contributed by atoms with E-state index >= 15 is 0 Å². The maximum atomic E-state index is 12.6. The second kappa shape index (κ2) is 6.87. The Balaban J connectivity index is 1.68. The van der Waals surface area contributed by atoms with Crippen molar-refractivity contribution in [2.75, 3.05) is 13.7 Å². The molecule has 0 spiro atoms. The third-order valence-corrected chi connectivity index (χ3v) is 5.27. The number of hydrogen-bond donors (Lipinski definition) is 0. The van der Waals surface area contributed by atoms with Crippen LogP contribution in [0.4, 0.5) is 4.79 Å². The molecule has 5 nitrogen and oxygen atoms in total. The summed E-state index contributed by atoms with van der Waals surface area (Å²) in [5.41, 5.74) is 0.831. The number of benzene rings is 1. The van der Waals surface area contributed by atoms with Gasteiger partial charge in [-0.15, -0.1) is 0 Å². The van der Waals surface area contributed by atoms with Gasteiger partial charge in [0.1, 0.15) is 11.4 Å². The smallest absolute Gasteiger partial charge is 0.410 e. The lowest BCUT2D eigenvalue weighted by Gasteiger charge is -2.45. The molecule has 1 aromatic rings. The Labute approximate surface area is 150 Å². The van der Waals surface area contributed by atoms with E-state index in [1.54, 1.807) is 7.11 Å². The fraction of sp³-hybridized carbons (Fsp3) is 0.650. The van der Waals surface area contributed by atoms with E-state index in [0.29, 0.717) is 6.04 Å². The highest BCUT2D eigenvalue weighted by Gasteiger charge is 2.47. The number of piperazine rings is 1. The van der Waals surface area contributed by atoms with Gasteiger partial charge < -0.3 is 9.47 Å². The normalized spacial score (nSPS) is 26.6. The lowest BCUT2D eigenvalue weighted by Crippen LogP contribution is -2.60. The van der Waals surface area contributed by atoms with Gasteiger partial charge in [0.25, 0.3) is 0 Å². The molecule has 25 heavy (non-hydrogen) atoms. The summed E-state index contributed by atoms with van der Waals surface area (Å²) in [5, 5.41) is 0. The average molecular weight is 346 g/mol. The van der Waals surface area contributed by atoms with Crippen LogP contribution < -0.4 is 4.74 Å². The minimum absolute atomic E-state index is 0.157. The first-order valence-electron chi connectivity index (χ1n) is 9.17. The fourth-order valence-electron chi connectivity index (χ4n) is 4.02. The van der Waals surface area contributed by atoms with Gasteiger partial charge in [0, 0.05) is 25.2 Å². The minimum Gasteiger partial charge on any atom is -0.497 e. The summed E-state index contributed by atoms with van der Waals surface area (Å²) in [6.07, 6.45) is 1.97. The quantitative estimate of drug-likeness (QED) is 0.837. The van der Waals surface area contributed by atoms with Gasteiger partial charge in [-0.1, -0.05) is 12.1 Å². The van der Waals surface area contributed by atoms with Crippen molar-refractivity contribution in [2.45, 2.75) is 70.8 Å². The van der Waals surface area contributed by atoms with Crippen LogP contribution in [0, 0.1) is 0 Å². The highest BCUT2D eigenvalue weighted by Crippen LogP contribution is 2.36. The van der Waals surface area contributed by atoms with Crippen LogP contribution in [0.25, 0.3) is 0 Å². The maximum Gasteiger partial charge on any atom is 0.410 e. The van der Waals surface area contributed by atoms with Gasteiger partial charge in [-0.25, -0.2) is 4.79 Å². The van der Waals surface area contributed by atoms with Crippen molar-refractivity contribution in [3.05, 3.63) is 29.8 Å². The summed E-state index contributed by atoms with van der Waals surface area (Å²) < 4.78 is 10.9. The van der Waals surface area contributed by atoms with Crippen LogP contribution in [0.3, 0.4) is 0 Å². The van der Waals surface area contributed by atoms with Gasteiger partial charge in [0.2, 0.25) is 0 Å². The lowest BCUT2D eigenvalue weighted by atomic mass is 10.0. The molecule has 0 N–H and O–H groups in total. The average Bonchev–Trinajstić information content (AvgIpc) is 2.89. The molecule has 0 saturated carbocycles. The predicted octanol–water partition coefficient (Wildman–Crippen LogP) is 3.67. The van der Waals surface area contributed by atoms with E-state index in [9.17, 15) is 4.79 Å². The van der Waals surface area contributed by atoms with Crippen LogP contribution in [0.5, 0.6) is 5.75 Å². The Bertz CT molecular complexity index is 608. The lowest BCUT2D eigenvalue weighted by molar-refractivity contribution is -0.0208. The van der Waals surface area contributed by atoms with Crippen molar-refractivity contribution in [2.24, 2.45) is 0 Å². The van der Waals surface area contributed by atoms with Crippen molar-refractivity contribution < 1.29 is 14.3 Å². The van der Waals surface area contributed by atoms with Gasteiger partial charge in [0.15, 0.2) is 0 Å². The molecular weight excluding hydrogens is 316 g/mol. The van der Waals surface area contributed by atoms with Crippen LogP contribution in [-0.2, 0) is 11.3 Å². The van der Waals surface area contributed by atoms with Crippen LogP contribution in [0.15, 0.2) is 24.3 Å². The predicted molar refractivity (Wildman–Crippen MR) is 97.7 cm³/mol. The third-order valence-electron chi connectivity index (χ3n) is 5.27. The van der Waals surface area contributed by atoms with E-state index in [2.05, 4.69) is 24.0 Å². The minimum atomic E-state index is -0.444. The van der Waals surface area contributed by atoms with E-state index in [1.165, 1.54) is 5.56 Å². The van der Waals surface area contributed by atoms with Gasteiger partial charge >= 0.3 is 6.09 Å². The number of rotatable bonds is 3. The first-order chi connectivity index (χ1) is 11.8. The van der Waals surface area contributed by atoms with Crippen molar-refractivity contribution in [3.63, 3.8) is 0 Å². The molecule has 2 aliphatic heterocycles. The van der Waals surface area contributed by atoms with E-state index in [0.717, 1.165) is 31.7 Å². The monoisotopic (exact) mass is 346 g/mol. The zero-order chi connectivity index (χ0) is 18.2. The second-order valence-corrected chi connectivity index (χ2v) is 8.20. The van der Waals surface area contributed by atoms with Crippen molar-refractivity contribution in [3.8, 4) is 5.75 Å². The summed E-state index contributed by atoms with van der Waals surface area (Å²) in [7, 11) is 1.69. The van der Waals surface area contributed by atoms with Crippen molar-refractivity contribution in [1.29, 1.82) is 0 Å². The highest BCUT2D eigenvalue weighted by molar-refractivity contribution is 5.70. The summed E-state index contributed by atoms with van der Waals surface area (Å²) >= 11 is 0. The number of carbonyl (C=O) groups is 1. The van der Waals surface area contributed by atoms with Crippen LogP contribution in [0.2, 0.25) is 0 Å². The number of carbonyl (C=O) groups excluding carboxylic acids is 1. The van der Waals surface area contributed by atoms with E-state index < -0.39 is 5.60 Å². The topological polar surface area (TPSA) is 42.0 Å². The SMILES string of the molecule is COc1ccc(CN2C[C@H]3CC[C@@H]([C@H]2C)N3C(=O)OC(C)(C)C)cc1. The Hall–Kier alpha value is -1.75. The molecule has 1 amide bonds. The molecule has 0 aliphatic carbocycles. The van der Waals surface area contributed by atoms with Crippen molar-refractivity contribution in [1.82, 2.24) is 9.80 Å². The van der Waals surface area contributed by atoms with Gasteiger partial charge in [0.05, 0.1) is 13.2 Å². The number of hydrogen-bond acceptors (Lipinski definition) is 4. The molecule has 0 unspecified atom stereocenters. The number of ether oxygens (including phenoxy) is 2. The van der Waals surface area contributed by atoms with Gasteiger partial charge in [-0.3, -0.25) is 9.80 Å². The molecule has 0 radical (unpaired) electrons. The maximum absolute atomic E-state index is 12.6. The summed E-state index contributed by atoms with van der Waals surface area (Å²) in [6, 6.07) is 9.08. The van der Waals surface area contributed by atoms with Crippen molar-refractivity contribution >= 4 is 6.09 Å². The molecule has 2 heterocycles. The number of methoxy groups -OCH3 is 1. The molecule has 0 aromatic heterocycles. The molecule has 3 atom stereocenters. The Kier molecular flexibility index (Phi) is 4.96.